The molecule has 2 fully saturated rings. The fraction of sp³-hybridized carbons (Fsp3) is 0.452. The van der Waals surface area contributed by atoms with Gasteiger partial charge in [0.05, 0.1) is 38.4 Å². The summed E-state index contributed by atoms with van der Waals surface area (Å²) in [6.07, 6.45) is 5.14. The van der Waals surface area contributed by atoms with Gasteiger partial charge in [0.15, 0.2) is 5.69 Å². The van der Waals surface area contributed by atoms with Crippen molar-refractivity contribution in [3.63, 3.8) is 0 Å². The maximum absolute atomic E-state index is 12.9. The molecule has 0 spiro atoms. The van der Waals surface area contributed by atoms with Gasteiger partial charge in [-0.2, -0.15) is 8.42 Å². The number of piperidine rings is 2. The van der Waals surface area contributed by atoms with Crippen molar-refractivity contribution in [3.8, 4) is 34.3 Å². The Morgan fingerprint density at radius 3 is 1.58 bits per heavy atom. The topological polar surface area (TPSA) is 204 Å². The van der Waals surface area contributed by atoms with Crippen molar-refractivity contribution in [1.29, 1.82) is 0 Å². The number of amides is 2. The number of para-hydroxylation sites is 2. The molecule has 9 rings (SSSR count). The number of benzene rings is 4. The van der Waals surface area contributed by atoms with Gasteiger partial charge in [-0.05, 0) is 165 Å². The maximum Gasteiger partial charge on any atom is 0.410 e. The predicted molar refractivity (Wildman–Crippen MR) is 307 cm³/mol. The van der Waals surface area contributed by atoms with Crippen molar-refractivity contribution in [2.75, 3.05) is 53.3 Å². The van der Waals surface area contributed by atoms with Crippen LogP contribution in [0.25, 0.3) is 17.0 Å². The Morgan fingerprint density at radius 2 is 1.10 bits per heavy atom. The zero-order valence-corrected chi connectivity index (χ0v) is 48.7. The number of esters is 2. The smallest absolute Gasteiger partial charge is 0.410 e. The summed E-state index contributed by atoms with van der Waals surface area (Å²) >= 11 is 0. The van der Waals surface area contributed by atoms with E-state index in [9.17, 15) is 27.6 Å². The predicted octanol–water partition coefficient (Wildman–Crippen LogP) is 12.1. The third-order valence-electron chi connectivity index (χ3n) is 14.6. The van der Waals surface area contributed by atoms with Crippen molar-refractivity contribution in [1.82, 2.24) is 19.4 Å². The second kappa shape index (κ2) is 25.9. The second-order valence-corrected chi connectivity index (χ2v) is 24.4. The highest BCUT2D eigenvalue weighted by Gasteiger charge is 2.40. The Balaban J connectivity index is 0.000000214. The van der Waals surface area contributed by atoms with Crippen LogP contribution in [0.2, 0.25) is 0 Å². The van der Waals surface area contributed by atoms with Gasteiger partial charge in [-0.25, -0.2) is 24.2 Å². The minimum Gasteiger partial charge on any atom is -0.466 e. The maximum atomic E-state index is 12.9. The third-order valence-corrected chi connectivity index (χ3v) is 15.2. The van der Waals surface area contributed by atoms with Crippen LogP contribution in [0.4, 0.5) is 9.59 Å². The van der Waals surface area contributed by atoms with Crippen molar-refractivity contribution in [2.24, 2.45) is 22.7 Å². The molecule has 1 aromatic heterocycles. The Bertz CT molecular complexity index is 3170. The van der Waals surface area contributed by atoms with Crippen LogP contribution in [-0.2, 0) is 44.6 Å². The summed E-state index contributed by atoms with van der Waals surface area (Å²) < 4.78 is 63.8. The number of carbonyl (C=O) groups is 4. The van der Waals surface area contributed by atoms with Crippen LogP contribution < -0.4 is 9.47 Å². The van der Waals surface area contributed by atoms with Gasteiger partial charge < -0.3 is 42.8 Å². The molecule has 0 saturated carbocycles. The van der Waals surface area contributed by atoms with Gasteiger partial charge in [0.2, 0.25) is 0 Å². The molecule has 0 bridgehead atoms. The molecule has 2 amide bonds. The van der Waals surface area contributed by atoms with Gasteiger partial charge in [-0.15, -0.1) is 0 Å². The summed E-state index contributed by atoms with van der Waals surface area (Å²) in [7, 11) is -0.883. The van der Waals surface area contributed by atoms with Crippen LogP contribution in [0.15, 0.2) is 120 Å². The summed E-state index contributed by atoms with van der Waals surface area (Å²) in [6.45, 7) is 14.2. The van der Waals surface area contributed by atoms with E-state index < -0.39 is 27.3 Å². The highest BCUT2D eigenvalue weighted by molar-refractivity contribution is 7.85. The number of hydrogen-bond acceptors (Lipinski definition) is 15. The molecule has 81 heavy (non-hydrogen) atoms. The molecular formula is C62H75N5O13S. The lowest BCUT2D eigenvalue weighted by Crippen LogP contribution is -2.43. The van der Waals surface area contributed by atoms with Gasteiger partial charge in [0.1, 0.15) is 45.7 Å². The van der Waals surface area contributed by atoms with Gasteiger partial charge in [0.25, 0.3) is 10.1 Å². The molecule has 4 aliphatic heterocycles. The SMILES string of the molecule is COC(=O)C1=C(c2ccc(Oc3ccccc3)cc2)N=C(C(CCOS(C)(=O)=O)C2CCN(C(=O)OC(C)(C)C)CC2)C1.COC(=O)c1c(-c2ccc(Oc3ccccc3)cc2)nc2n1CCC2C1CCN(C(=O)OC(C)(C)C)CC1. The molecule has 4 aliphatic rings. The van der Waals surface area contributed by atoms with Crippen LogP contribution in [0.3, 0.4) is 0 Å². The zero-order chi connectivity index (χ0) is 58.1. The lowest BCUT2D eigenvalue weighted by atomic mass is 9.78. The molecule has 432 valence electrons. The molecule has 2 atom stereocenters. The fourth-order valence-electron chi connectivity index (χ4n) is 10.8. The van der Waals surface area contributed by atoms with Crippen LogP contribution in [0.1, 0.15) is 114 Å². The number of nitrogens with zero attached hydrogens (tertiary/aromatic N) is 5. The highest BCUT2D eigenvalue weighted by Crippen LogP contribution is 2.43. The van der Waals surface area contributed by atoms with Crippen LogP contribution in [-0.4, -0.2) is 122 Å². The van der Waals surface area contributed by atoms with E-state index in [-0.39, 0.29) is 48.9 Å². The molecule has 0 radical (unpaired) electrons. The average molecular weight is 1130 g/mol. The van der Waals surface area contributed by atoms with E-state index in [0.717, 1.165) is 60.5 Å². The van der Waals surface area contributed by atoms with Gasteiger partial charge in [-0.1, -0.05) is 36.4 Å². The number of aliphatic imine (C=N–C) groups is 1. The van der Waals surface area contributed by atoms with E-state index >= 15 is 0 Å². The van der Waals surface area contributed by atoms with Crippen molar-refractivity contribution in [2.45, 2.75) is 110 Å². The van der Waals surface area contributed by atoms with Gasteiger partial charge >= 0.3 is 24.1 Å². The number of likely N-dealkylation sites (tertiary alicyclic amines) is 2. The molecule has 0 N–H and O–H groups in total. The quantitative estimate of drug-likeness (QED) is 0.0544. The lowest BCUT2D eigenvalue weighted by Gasteiger charge is -2.37. The fourth-order valence-corrected chi connectivity index (χ4v) is 11.2. The minimum atomic E-state index is -3.63. The number of ether oxygens (including phenoxy) is 6. The number of aromatic nitrogens is 2. The highest BCUT2D eigenvalue weighted by atomic mass is 32.2. The number of rotatable bonds is 15. The van der Waals surface area contributed by atoms with Crippen molar-refractivity contribution in [3.05, 3.63) is 132 Å². The Labute approximate surface area is 475 Å². The summed E-state index contributed by atoms with van der Waals surface area (Å²) in [6, 6.07) is 34.0. The van der Waals surface area contributed by atoms with E-state index in [2.05, 4.69) is 0 Å². The molecule has 18 nitrogen and oxygen atoms in total. The van der Waals surface area contributed by atoms with Crippen LogP contribution >= 0.6 is 0 Å². The minimum absolute atomic E-state index is 0.0107. The summed E-state index contributed by atoms with van der Waals surface area (Å²) in [5, 5.41) is 0. The van der Waals surface area contributed by atoms with Gasteiger partial charge in [0, 0.05) is 67.8 Å². The summed E-state index contributed by atoms with van der Waals surface area (Å²) in [5.41, 5.74) is 3.35. The van der Waals surface area contributed by atoms with Crippen LogP contribution in [0.5, 0.6) is 23.0 Å². The van der Waals surface area contributed by atoms with Crippen molar-refractivity contribution >= 4 is 45.7 Å². The largest absolute Gasteiger partial charge is 0.466 e. The molecule has 2 unspecified atom stereocenters. The number of imidazole rings is 1. The molecule has 2 saturated heterocycles. The van der Waals surface area contributed by atoms with Crippen LogP contribution in [0, 0.1) is 17.8 Å². The molecule has 0 aliphatic carbocycles. The third kappa shape index (κ3) is 15.9. The summed E-state index contributed by atoms with van der Waals surface area (Å²) in [5.74, 6) is 3.45. The number of methoxy groups -OCH3 is 2. The van der Waals surface area contributed by atoms with Gasteiger partial charge in [-0.3, -0.25) is 9.18 Å². The molecule has 5 aromatic rings. The molecule has 4 aromatic carbocycles. The normalized spacial score (nSPS) is 17.3. The standard InChI is InChI=1S/C32H40N2O8S.C30H35N3O5/c1-32(2,3)42-31(36)34-18-15-22(16-19-34)26(17-20-40-43(5,37)38)28-21-27(30(35)39-4)29(33-28)23-11-13-25(14-12-23)41-24-9-7-6-8-10-24;1-30(2,3)38-29(35)32-17-14-20(15-18-32)24-16-19-33-26(28(34)36-4)25(31-27(24)33)21-10-12-23(13-11-21)37-22-8-6-5-7-9-22/h6-14,22,26H,15-21H2,1-5H3;5-13,20,24H,14-19H2,1-4H3. The monoisotopic (exact) mass is 1130 g/mol. The second-order valence-electron chi connectivity index (χ2n) is 22.7. The van der Waals surface area contributed by atoms with Crippen molar-refractivity contribution < 1.29 is 60.2 Å². The van der Waals surface area contributed by atoms with E-state index in [4.69, 9.17) is 42.6 Å². The Morgan fingerprint density at radius 1 is 0.617 bits per heavy atom. The zero-order valence-electron chi connectivity index (χ0n) is 47.8. The number of hydrogen-bond donors (Lipinski definition) is 0. The lowest BCUT2D eigenvalue weighted by molar-refractivity contribution is -0.136. The number of fused-ring (bicyclic) bond motifs is 1. The molecule has 5 heterocycles. The van der Waals surface area contributed by atoms with E-state index in [0.29, 0.717) is 91.3 Å². The average Bonchev–Trinajstić information content (AvgIpc) is 4.30. The molecular weight excluding hydrogens is 1050 g/mol. The first-order valence-electron chi connectivity index (χ1n) is 27.6. The van der Waals surface area contributed by atoms with E-state index in [1.807, 2.05) is 155 Å². The Kier molecular flexibility index (Phi) is 19.1. The van der Waals surface area contributed by atoms with E-state index in [1.165, 1.54) is 14.2 Å². The first-order valence-corrected chi connectivity index (χ1v) is 29.4. The summed E-state index contributed by atoms with van der Waals surface area (Å²) in [4.78, 5) is 64.4. The number of carbonyl (C=O) groups excluding carboxylic acids is 4. The first kappa shape index (κ1) is 59.6. The van der Waals surface area contributed by atoms with E-state index in [1.54, 1.807) is 9.80 Å². The first-order chi connectivity index (χ1) is 38.6. The molecule has 19 heteroatoms. The Hall–Kier alpha value is -7.51.